The zero-order valence-electron chi connectivity index (χ0n) is 12.3. The summed E-state index contributed by atoms with van der Waals surface area (Å²) in [6, 6.07) is 1.55. The molecule has 0 aliphatic heterocycles. The van der Waals surface area contributed by atoms with Crippen LogP contribution in [0.5, 0.6) is 5.88 Å². The van der Waals surface area contributed by atoms with Crippen LogP contribution >= 0.6 is 11.6 Å². The van der Waals surface area contributed by atoms with Gasteiger partial charge in [0.05, 0.1) is 17.8 Å². The lowest BCUT2D eigenvalue weighted by Crippen LogP contribution is -2.29. The molecule has 1 amide bonds. The Morgan fingerprint density at radius 3 is 2.65 bits per heavy atom. The lowest BCUT2D eigenvalue weighted by molar-refractivity contribution is 0.0768. The van der Waals surface area contributed by atoms with E-state index in [0.717, 1.165) is 0 Å². The number of amides is 1. The van der Waals surface area contributed by atoms with Gasteiger partial charge in [-0.3, -0.25) is 4.79 Å². The fraction of sp³-hybridized carbons (Fsp3) is 0.571. The van der Waals surface area contributed by atoms with E-state index in [1.807, 2.05) is 13.8 Å². The highest BCUT2D eigenvalue weighted by Gasteiger charge is 2.15. The number of carbonyl (C=O) groups excluding carboxylic acids is 1. The van der Waals surface area contributed by atoms with Crippen molar-refractivity contribution in [3.8, 4) is 5.88 Å². The van der Waals surface area contributed by atoms with Gasteiger partial charge in [0, 0.05) is 19.8 Å². The molecule has 1 unspecified atom stereocenters. The van der Waals surface area contributed by atoms with E-state index in [4.69, 9.17) is 16.3 Å². The van der Waals surface area contributed by atoms with Crippen LogP contribution < -0.4 is 4.74 Å². The predicted octanol–water partition coefficient (Wildman–Crippen LogP) is 2.37. The van der Waals surface area contributed by atoms with Crippen molar-refractivity contribution in [2.75, 3.05) is 13.6 Å². The Labute approximate surface area is 124 Å². The van der Waals surface area contributed by atoms with Crippen LogP contribution in [-0.2, 0) is 0 Å². The van der Waals surface area contributed by atoms with E-state index in [1.165, 1.54) is 11.1 Å². The molecule has 0 spiro atoms. The third-order valence-electron chi connectivity index (χ3n) is 2.63. The number of aromatic nitrogens is 1. The van der Waals surface area contributed by atoms with Gasteiger partial charge in [-0.05, 0) is 33.3 Å². The molecular weight excluding hydrogens is 280 g/mol. The molecule has 112 valence electrons. The highest BCUT2D eigenvalue weighted by atomic mass is 35.5. The van der Waals surface area contributed by atoms with E-state index in [0.29, 0.717) is 29.4 Å². The maximum Gasteiger partial charge on any atom is 0.255 e. The second-order valence-electron chi connectivity index (χ2n) is 5.04. The Bertz CT molecular complexity index is 464. The molecule has 0 fully saturated rings. The summed E-state index contributed by atoms with van der Waals surface area (Å²) in [6.45, 7) is 5.91. The van der Waals surface area contributed by atoms with Crippen molar-refractivity contribution in [1.82, 2.24) is 9.88 Å². The van der Waals surface area contributed by atoms with Crippen molar-refractivity contribution in [3.63, 3.8) is 0 Å². The van der Waals surface area contributed by atoms with E-state index in [1.54, 1.807) is 20.0 Å². The standard InChI is InChI=1S/C14H21ClN2O3/c1-9(2)20-13-12(15)7-11(8-16-13)14(19)17(4)6-5-10(3)18/h7-10,18H,5-6H2,1-4H3. The highest BCUT2D eigenvalue weighted by Crippen LogP contribution is 2.23. The van der Waals surface area contributed by atoms with Gasteiger partial charge in [0.25, 0.3) is 5.91 Å². The quantitative estimate of drug-likeness (QED) is 0.876. The first-order valence-electron chi connectivity index (χ1n) is 6.57. The number of pyridine rings is 1. The van der Waals surface area contributed by atoms with E-state index in [2.05, 4.69) is 4.98 Å². The number of ether oxygens (including phenoxy) is 1. The van der Waals surface area contributed by atoms with Crippen LogP contribution in [0.1, 0.15) is 37.6 Å². The number of aliphatic hydroxyl groups excluding tert-OH is 1. The summed E-state index contributed by atoms with van der Waals surface area (Å²) in [6.07, 6.45) is 1.51. The smallest absolute Gasteiger partial charge is 0.255 e. The van der Waals surface area contributed by atoms with Crippen LogP contribution in [0, 0.1) is 0 Å². The Morgan fingerprint density at radius 1 is 1.50 bits per heavy atom. The molecule has 0 saturated carbocycles. The van der Waals surface area contributed by atoms with Crippen LogP contribution in [0.3, 0.4) is 0 Å². The van der Waals surface area contributed by atoms with Gasteiger partial charge in [-0.25, -0.2) is 4.98 Å². The highest BCUT2D eigenvalue weighted by molar-refractivity contribution is 6.32. The lowest BCUT2D eigenvalue weighted by atomic mass is 10.2. The van der Waals surface area contributed by atoms with Crippen LogP contribution in [0.15, 0.2) is 12.3 Å². The molecule has 1 atom stereocenters. The average molecular weight is 301 g/mol. The number of halogens is 1. The number of nitrogens with zero attached hydrogens (tertiary/aromatic N) is 2. The fourth-order valence-electron chi connectivity index (χ4n) is 1.55. The van der Waals surface area contributed by atoms with Crippen molar-refractivity contribution < 1.29 is 14.6 Å². The molecule has 5 nitrogen and oxygen atoms in total. The van der Waals surface area contributed by atoms with Gasteiger partial charge in [0.1, 0.15) is 5.02 Å². The van der Waals surface area contributed by atoms with Crippen LogP contribution in [0.25, 0.3) is 0 Å². The van der Waals surface area contributed by atoms with Crippen molar-refractivity contribution in [2.45, 2.75) is 39.4 Å². The first-order valence-corrected chi connectivity index (χ1v) is 6.94. The van der Waals surface area contributed by atoms with Crippen molar-refractivity contribution in [1.29, 1.82) is 0 Å². The summed E-state index contributed by atoms with van der Waals surface area (Å²) >= 11 is 6.05. The molecule has 1 rings (SSSR count). The fourth-order valence-corrected chi connectivity index (χ4v) is 1.77. The SMILES string of the molecule is CC(O)CCN(C)C(=O)c1cnc(OC(C)C)c(Cl)c1. The van der Waals surface area contributed by atoms with Crippen molar-refractivity contribution >= 4 is 17.5 Å². The molecule has 0 aliphatic carbocycles. The van der Waals surface area contributed by atoms with Gasteiger partial charge in [-0.2, -0.15) is 0 Å². The Hall–Kier alpha value is -1.33. The number of carbonyl (C=O) groups is 1. The number of aliphatic hydroxyl groups is 1. The summed E-state index contributed by atoms with van der Waals surface area (Å²) in [5, 5.41) is 9.54. The first-order chi connectivity index (χ1) is 9.31. The lowest BCUT2D eigenvalue weighted by Gasteiger charge is -2.18. The second-order valence-corrected chi connectivity index (χ2v) is 5.45. The van der Waals surface area contributed by atoms with Gasteiger partial charge in [-0.15, -0.1) is 0 Å². The molecule has 6 heteroatoms. The molecule has 1 N–H and O–H groups in total. The third kappa shape index (κ3) is 4.98. The molecule has 1 aromatic rings. The number of hydrogen-bond donors (Lipinski definition) is 1. The normalized spacial score (nSPS) is 12.3. The van der Waals surface area contributed by atoms with E-state index >= 15 is 0 Å². The molecule has 0 radical (unpaired) electrons. The van der Waals surface area contributed by atoms with Gasteiger partial charge in [0.2, 0.25) is 5.88 Å². The van der Waals surface area contributed by atoms with Crippen LogP contribution in [0.2, 0.25) is 5.02 Å². The molecule has 0 bridgehead atoms. The van der Waals surface area contributed by atoms with Gasteiger partial charge in [-0.1, -0.05) is 11.6 Å². The summed E-state index contributed by atoms with van der Waals surface area (Å²) in [5.41, 5.74) is 0.402. The largest absolute Gasteiger partial charge is 0.474 e. The van der Waals surface area contributed by atoms with E-state index in [-0.39, 0.29) is 12.0 Å². The minimum atomic E-state index is -0.436. The third-order valence-corrected chi connectivity index (χ3v) is 2.90. The van der Waals surface area contributed by atoms with E-state index < -0.39 is 6.10 Å². The van der Waals surface area contributed by atoms with Crippen molar-refractivity contribution in [2.24, 2.45) is 0 Å². The summed E-state index contributed by atoms with van der Waals surface area (Å²) in [7, 11) is 1.68. The molecule has 1 heterocycles. The maximum atomic E-state index is 12.1. The molecule has 0 aromatic carbocycles. The van der Waals surface area contributed by atoms with Gasteiger partial charge < -0.3 is 14.7 Å². The number of rotatable bonds is 6. The monoisotopic (exact) mass is 300 g/mol. The minimum Gasteiger partial charge on any atom is -0.474 e. The topological polar surface area (TPSA) is 62.7 Å². The zero-order chi connectivity index (χ0) is 15.3. The zero-order valence-corrected chi connectivity index (χ0v) is 13.0. The first kappa shape index (κ1) is 16.7. The number of hydrogen-bond acceptors (Lipinski definition) is 4. The van der Waals surface area contributed by atoms with Gasteiger partial charge in [0.15, 0.2) is 0 Å². The summed E-state index contributed by atoms with van der Waals surface area (Å²) in [5.74, 6) is 0.140. The van der Waals surface area contributed by atoms with E-state index in [9.17, 15) is 9.90 Å². The second kappa shape index (κ2) is 7.45. The summed E-state index contributed by atoms with van der Waals surface area (Å²) < 4.78 is 5.42. The molecule has 1 aromatic heterocycles. The van der Waals surface area contributed by atoms with Crippen LogP contribution in [0.4, 0.5) is 0 Å². The minimum absolute atomic E-state index is 0.0322. The Kier molecular flexibility index (Phi) is 6.23. The van der Waals surface area contributed by atoms with Crippen molar-refractivity contribution in [3.05, 3.63) is 22.8 Å². The molecule has 20 heavy (non-hydrogen) atoms. The van der Waals surface area contributed by atoms with Crippen LogP contribution in [-0.4, -0.2) is 46.7 Å². The Morgan fingerprint density at radius 2 is 2.15 bits per heavy atom. The predicted molar refractivity (Wildman–Crippen MR) is 78.3 cm³/mol. The molecular formula is C14H21ClN2O3. The average Bonchev–Trinajstić information content (AvgIpc) is 2.37. The maximum absolute atomic E-state index is 12.1. The molecule has 0 saturated heterocycles. The van der Waals surface area contributed by atoms with Gasteiger partial charge >= 0.3 is 0 Å². The Balaban J connectivity index is 2.76. The molecule has 0 aliphatic rings. The summed E-state index contributed by atoms with van der Waals surface area (Å²) in [4.78, 5) is 17.7.